The van der Waals surface area contributed by atoms with Crippen molar-refractivity contribution in [2.45, 2.75) is 44.9 Å². The second kappa shape index (κ2) is 12.6. The first-order valence-electron chi connectivity index (χ1n) is 14.0. The average molecular weight is 574 g/mol. The summed E-state index contributed by atoms with van der Waals surface area (Å²) in [7, 11) is 1.69. The maximum Gasteiger partial charge on any atom is 0.334 e. The number of anilines is 2. The predicted octanol–water partition coefficient (Wildman–Crippen LogP) is 4.86. The van der Waals surface area contributed by atoms with Crippen LogP contribution in [0.4, 0.5) is 11.7 Å². The van der Waals surface area contributed by atoms with Crippen LogP contribution in [0.1, 0.15) is 55.5 Å². The van der Waals surface area contributed by atoms with E-state index < -0.39 is 23.8 Å². The van der Waals surface area contributed by atoms with Gasteiger partial charge in [0.2, 0.25) is 5.89 Å². The normalized spacial score (nSPS) is 19.8. The standard InChI is InChI=1S/C31H35N5O6/c1-18-26(29(37)38)28(27(30(39)40)19(2)32-18)22-7-4-8-23(16-22)33-31-35-34-25(42-31)12-15-36-13-10-20(11-14-36)21-6-5-9-24(17-21)41-3/h4-9,16-17,20,26,28H,10-15H2,1-3H3,(H,33,35)(H,37,38)(H,39,40). The van der Waals surface area contributed by atoms with Crippen LogP contribution >= 0.6 is 0 Å². The minimum absolute atomic E-state index is 0.0299. The summed E-state index contributed by atoms with van der Waals surface area (Å²) in [6.07, 6.45) is 2.77. The zero-order valence-corrected chi connectivity index (χ0v) is 23.9. The number of rotatable bonds is 10. The Kier molecular flexibility index (Phi) is 8.67. The van der Waals surface area contributed by atoms with Crippen molar-refractivity contribution in [3.63, 3.8) is 0 Å². The van der Waals surface area contributed by atoms with E-state index in [1.807, 2.05) is 12.1 Å². The molecule has 11 nitrogen and oxygen atoms in total. The fourth-order valence-electron chi connectivity index (χ4n) is 5.97. The molecule has 3 aromatic rings. The van der Waals surface area contributed by atoms with E-state index in [1.165, 1.54) is 5.56 Å². The molecule has 42 heavy (non-hydrogen) atoms. The molecule has 0 radical (unpaired) electrons. The molecule has 0 spiro atoms. The Hall–Kier alpha value is -4.51. The summed E-state index contributed by atoms with van der Waals surface area (Å²) in [5.74, 6) is -2.38. The SMILES string of the molecule is COc1cccc(C2CCN(CCc3nnc(Nc4cccc(C5C(C(=O)O)=C(C)N=C(C)C5C(=O)O)c4)o3)CC2)c1. The lowest BCUT2D eigenvalue weighted by Gasteiger charge is -2.32. The van der Waals surface area contributed by atoms with Gasteiger partial charge in [-0.1, -0.05) is 29.4 Å². The number of carbonyl (C=O) groups is 2. The molecule has 1 fully saturated rings. The van der Waals surface area contributed by atoms with Crippen LogP contribution in [-0.4, -0.2) is 69.7 Å². The van der Waals surface area contributed by atoms with Crippen molar-refractivity contribution in [3.8, 4) is 5.75 Å². The zero-order valence-electron chi connectivity index (χ0n) is 23.9. The van der Waals surface area contributed by atoms with E-state index in [4.69, 9.17) is 9.15 Å². The Morgan fingerprint density at radius 3 is 2.50 bits per heavy atom. The van der Waals surface area contributed by atoms with Gasteiger partial charge >= 0.3 is 18.0 Å². The molecule has 2 unspecified atom stereocenters. The molecule has 0 aliphatic carbocycles. The number of allylic oxidation sites excluding steroid dienone is 1. The molecule has 2 aromatic carbocycles. The summed E-state index contributed by atoms with van der Waals surface area (Å²) in [5.41, 5.74) is 3.06. The second-order valence-electron chi connectivity index (χ2n) is 10.7. The molecule has 1 aromatic heterocycles. The fraction of sp³-hybridized carbons (Fsp3) is 0.387. The molecular formula is C31H35N5O6. The van der Waals surface area contributed by atoms with Gasteiger partial charge in [0.25, 0.3) is 0 Å². The van der Waals surface area contributed by atoms with Crippen LogP contribution in [0.3, 0.4) is 0 Å². The number of benzene rings is 2. The number of aromatic nitrogens is 2. The number of nitrogens with one attached hydrogen (secondary N) is 1. The number of aliphatic carboxylic acids is 2. The quantitative estimate of drug-likeness (QED) is 0.307. The van der Waals surface area contributed by atoms with Crippen LogP contribution in [0.2, 0.25) is 0 Å². The van der Waals surface area contributed by atoms with Gasteiger partial charge in [-0.2, -0.15) is 0 Å². The van der Waals surface area contributed by atoms with Crippen molar-refractivity contribution >= 4 is 29.4 Å². The van der Waals surface area contributed by atoms with E-state index in [2.05, 4.69) is 37.5 Å². The molecule has 3 N–H and O–H groups in total. The molecule has 0 saturated carbocycles. The van der Waals surface area contributed by atoms with Gasteiger partial charge in [-0.25, -0.2) is 4.79 Å². The van der Waals surface area contributed by atoms with Gasteiger partial charge < -0.3 is 29.6 Å². The van der Waals surface area contributed by atoms with Crippen LogP contribution in [0.5, 0.6) is 5.75 Å². The Bertz CT molecular complexity index is 1520. The monoisotopic (exact) mass is 573 g/mol. The molecule has 1 saturated heterocycles. The van der Waals surface area contributed by atoms with Crippen molar-refractivity contribution in [2.24, 2.45) is 10.9 Å². The molecule has 2 atom stereocenters. The molecule has 0 bridgehead atoms. The van der Waals surface area contributed by atoms with E-state index in [-0.39, 0.29) is 11.6 Å². The Labute approximate surface area is 243 Å². The molecule has 220 valence electrons. The number of aliphatic imine (C=N–C) groups is 1. The van der Waals surface area contributed by atoms with Crippen LogP contribution < -0.4 is 10.1 Å². The highest BCUT2D eigenvalue weighted by Gasteiger charge is 2.41. The van der Waals surface area contributed by atoms with E-state index in [1.54, 1.807) is 45.2 Å². The van der Waals surface area contributed by atoms with Gasteiger partial charge in [-0.3, -0.25) is 9.79 Å². The molecule has 2 aliphatic rings. The summed E-state index contributed by atoms with van der Waals surface area (Å²) >= 11 is 0. The van der Waals surface area contributed by atoms with Gasteiger partial charge in [-0.05, 0) is 81.1 Å². The lowest BCUT2D eigenvalue weighted by atomic mass is 9.75. The number of likely N-dealkylation sites (tertiary alicyclic amines) is 1. The van der Waals surface area contributed by atoms with Crippen LogP contribution in [0, 0.1) is 5.92 Å². The highest BCUT2D eigenvalue weighted by Crippen LogP contribution is 2.40. The topological polar surface area (TPSA) is 150 Å². The van der Waals surface area contributed by atoms with Crippen LogP contribution in [0.15, 0.2) is 69.2 Å². The highest BCUT2D eigenvalue weighted by atomic mass is 16.5. The summed E-state index contributed by atoms with van der Waals surface area (Å²) in [6, 6.07) is 15.5. The van der Waals surface area contributed by atoms with Crippen LogP contribution in [-0.2, 0) is 16.0 Å². The lowest BCUT2D eigenvalue weighted by molar-refractivity contribution is -0.140. The van der Waals surface area contributed by atoms with Crippen molar-refractivity contribution < 1.29 is 29.0 Å². The number of carboxylic acid groups (broad SMARTS) is 2. The number of piperidine rings is 1. The predicted molar refractivity (Wildman–Crippen MR) is 156 cm³/mol. The average Bonchev–Trinajstić information content (AvgIpc) is 3.42. The molecule has 3 heterocycles. The number of methoxy groups -OCH3 is 1. The third-order valence-corrected chi connectivity index (χ3v) is 8.08. The Balaban J connectivity index is 1.20. The van der Waals surface area contributed by atoms with Gasteiger partial charge in [0.15, 0.2) is 0 Å². The Morgan fingerprint density at radius 1 is 1.05 bits per heavy atom. The number of nitrogens with zero attached hydrogens (tertiary/aromatic N) is 4. The van der Waals surface area contributed by atoms with Crippen molar-refractivity contribution in [1.29, 1.82) is 0 Å². The number of hydrogen-bond donors (Lipinski definition) is 3. The lowest BCUT2D eigenvalue weighted by Crippen LogP contribution is -2.34. The summed E-state index contributed by atoms with van der Waals surface area (Å²) in [5, 5.41) is 31.2. The highest BCUT2D eigenvalue weighted by molar-refractivity contribution is 6.06. The number of ether oxygens (including phenoxy) is 1. The van der Waals surface area contributed by atoms with E-state index in [0.717, 1.165) is 38.2 Å². The zero-order chi connectivity index (χ0) is 29.8. The number of carboxylic acids is 2. The molecule has 11 heteroatoms. The first kappa shape index (κ1) is 29.0. The van der Waals surface area contributed by atoms with Gasteiger partial charge in [0.1, 0.15) is 11.7 Å². The van der Waals surface area contributed by atoms with E-state index >= 15 is 0 Å². The minimum atomic E-state index is -1.19. The first-order valence-corrected chi connectivity index (χ1v) is 14.0. The molecular weight excluding hydrogens is 538 g/mol. The molecule has 0 amide bonds. The summed E-state index contributed by atoms with van der Waals surface area (Å²) < 4.78 is 11.2. The Morgan fingerprint density at radius 2 is 1.79 bits per heavy atom. The minimum Gasteiger partial charge on any atom is -0.497 e. The van der Waals surface area contributed by atoms with Gasteiger partial charge in [0, 0.05) is 36.0 Å². The largest absolute Gasteiger partial charge is 0.497 e. The fourth-order valence-corrected chi connectivity index (χ4v) is 5.97. The van der Waals surface area contributed by atoms with Crippen molar-refractivity contribution in [1.82, 2.24) is 15.1 Å². The summed E-state index contributed by atoms with van der Waals surface area (Å²) in [6.45, 7) is 5.98. The second-order valence-corrected chi connectivity index (χ2v) is 10.7. The van der Waals surface area contributed by atoms with E-state index in [9.17, 15) is 19.8 Å². The first-order chi connectivity index (χ1) is 20.2. The molecule has 5 rings (SSSR count). The number of hydrogen-bond acceptors (Lipinski definition) is 9. The maximum absolute atomic E-state index is 12.1. The van der Waals surface area contributed by atoms with Crippen molar-refractivity contribution in [2.75, 3.05) is 32.1 Å². The smallest absolute Gasteiger partial charge is 0.334 e. The maximum atomic E-state index is 12.1. The van der Waals surface area contributed by atoms with Crippen molar-refractivity contribution in [3.05, 3.63) is 76.8 Å². The third kappa shape index (κ3) is 6.36. The van der Waals surface area contributed by atoms with E-state index in [0.29, 0.717) is 40.9 Å². The van der Waals surface area contributed by atoms with Crippen LogP contribution in [0.25, 0.3) is 0 Å². The van der Waals surface area contributed by atoms with Gasteiger partial charge in [0.05, 0.1) is 12.7 Å². The van der Waals surface area contributed by atoms with Gasteiger partial charge in [-0.15, -0.1) is 5.10 Å². The summed E-state index contributed by atoms with van der Waals surface area (Å²) in [4.78, 5) is 30.8. The third-order valence-electron chi connectivity index (χ3n) is 8.08. The molecule has 2 aliphatic heterocycles.